The van der Waals surface area contributed by atoms with E-state index in [0.717, 1.165) is 31.2 Å². The Morgan fingerprint density at radius 1 is 1.00 bits per heavy atom. The molecule has 2 fully saturated rings. The van der Waals surface area contributed by atoms with Crippen LogP contribution in [0, 0.1) is 18.8 Å². The van der Waals surface area contributed by atoms with Gasteiger partial charge in [0.2, 0.25) is 11.8 Å². The number of anilines is 1. The van der Waals surface area contributed by atoms with Gasteiger partial charge in [0.25, 0.3) is 0 Å². The second-order valence-corrected chi connectivity index (χ2v) is 7.58. The van der Waals surface area contributed by atoms with Crippen molar-refractivity contribution in [2.75, 3.05) is 11.5 Å². The van der Waals surface area contributed by atoms with Crippen molar-refractivity contribution in [2.45, 2.75) is 32.6 Å². The molecular weight excluding hydrogens is 354 g/mol. The zero-order valence-electron chi connectivity index (χ0n) is 15.9. The first kappa shape index (κ1) is 18.4. The van der Waals surface area contributed by atoms with Gasteiger partial charge in [0, 0.05) is 11.6 Å². The molecule has 2 aliphatic rings. The van der Waals surface area contributed by atoms with Crippen LogP contribution in [0.5, 0.6) is 5.75 Å². The Balaban J connectivity index is 1.47. The first-order valence-corrected chi connectivity index (χ1v) is 9.75. The van der Waals surface area contributed by atoms with E-state index in [0.29, 0.717) is 17.0 Å². The monoisotopic (exact) mass is 377 g/mol. The molecule has 0 bridgehead atoms. The Morgan fingerprint density at radius 2 is 1.64 bits per heavy atom. The van der Waals surface area contributed by atoms with Crippen LogP contribution in [-0.4, -0.2) is 24.2 Å². The summed E-state index contributed by atoms with van der Waals surface area (Å²) in [6, 6.07) is 14.2. The standard InChI is InChI=1S/C23H23NO4/c1-15-9-11-16(12-10-15)21(25)14-28-18-6-4-5-17(13-18)24-22(26)19-7-2-3-8-20(19)23(24)27/h4-6,9-13,19-20H,2-3,7-8,14H2,1H3/t19-,20-/m1/s1. The third-order valence-corrected chi connectivity index (χ3v) is 5.66. The predicted molar refractivity (Wildman–Crippen MR) is 105 cm³/mol. The lowest BCUT2D eigenvalue weighted by molar-refractivity contribution is -0.122. The molecule has 2 aromatic rings. The lowest BCUT2D eigenvalue weighted by Gasteiger charge is -2.19. The smallest absolute Gasteiger partial charge is 0.237 e. The quantitative estimate of drug-likeness (QED) is 0.585. The molecule has 1 saturated carbocycles. The number of ketones is 1. The number of carbonyl (C=O) groups is 3. The highest BCUT2D eigenvalue weighted by molar-refractivity contribution is 6.22. The van der Waals surface area contributed by atoms with Crippen LogP contribution in [0.2, 0.25) is 0 Å². The van der Waals surface area contributed by atoms with Gasteiger partial charge in [-0.3, -0.25) is 14.4 Å². The minimum Gasteiger partial charge on any atom is -0.485 e. The molecule has 5 heteroatoms. The van der Waals surface area contributed by atoms with Crippen LogP contribution in [0.15, 0.2) is 48.5 Å². The fourth-order valence-corrected chi connectivity index (χ4v) is 4.10. The summed E-state index contributed by atoms with van der Waals surface area (Å²) in [4.78, 5) is 39.1. The van der Waals surface area contributed by atoms with Crippen LogP contribution in [0.4, 0.5) is 5.69 Å². The van der Waals surface area contributed by atoms with E-state index in [9.17, 15) is 14.4 Å². The van der Waals surface area contributed by atoms with E-state index in [1.54, 1.807) is 36.4 Å². The second kappa shape index (κ2) is 7.58. The van der Waals surface area contributed by atoms with Crippen LogP contribution in [0.1, 0.15) is 41.6 Å². The van der Waals surface area contributed by atoms with Crippen molar-refractivity contribution >= 4 is 23.3 Å². The predicted octanol–water partition coefficient (Wildman–Crippen LogP) is 3.94. The average Bonchev–Trinajstić information content (AvgIpc) is 2.98. The maximum atomic E-state index is 12.8. The van der Waals surface area contributed by atoms with Gasteiger partial charge in [-0.1, -0.05) is 48.7 Å². The molecule has 1 aliphatic carbocycles. The lowest BCUT2D eigenvalue weighted by atomic mass is 9.81. The Bertz CT molecular complexity index is 894. The van der Waals surface area contributed by atoms with E-state index in [1.165, 1.54) is 4.90 Å². The molecule has 0 radical (unpaired) electrons. The molecule has 144 valence electrons. The Labute approximate surface area is 164 Å². The van der Waals surface area contributed by atoms with Crippen LogP contribution >= 0.6 is 0 Å². The normalized spacial score (nSPS) is 21.5. The minimum atomic E-state index is -0.186. The molecule has 0 N–H and O–H groups in total. The number of carbonyl (C=O) groups excluding carboxylic acids is 3. The molecule has 2 amide bonds. The minimum absolute atomic E-state index is 0.0976. The molecule has 1 aliphatic heterocycles. The summed E-state index contributed by atoms with van der Waals surface area (Å²) in [6.45, 7) is 1.87. The molecule has 0 aromatic heterocycles. The van der Waals surface area contributed by atoms with Crippen LogP contribution < -0.4 is 9.64 Å². The number of benzene rings is 2. The maximum absolute atomic E-state index is 12.8. The summed E-state index contributed by atoms with van der Waals surface area (Å²) in [6.07, 6.45) is 3.57. The third-order valence-electron chi connectivity index (χ3n) is 5.66. The Kier molecular flexibility index (Phi) is 4.99. The topological polar surface area (TPSA) is 63.7 Å². The van der Waals surface area contributed by atoms with Gasteiger partial charge in [0.05, 0.1) is 17.5 Å². The van der Waals surface area contributed by atoms with Gasteiger partial charge >= 0.3 is 0 Å². The van der Waals surface area contributed by atoms with E-state index in [2.05, 4.69) is 0 Å². The highest BCUT2D eigenvalue weighted by Gasteiger charge is 2.48. The van der Waals surface area contributed by atoms with E-state index >= 15 is 0 Å². The van der Waals surface area contributed by atoms with Gasteiger partial charge in [-0.05, 0) is 31.9 Å². The fraction of sp³-hybridized carbons (Fsp3) is 0.348. The van der Waals surface area contributed by atoms with Gasteiger partial charge in [-0.2, -0.15) is 0 Å². The molecule has 5 nitrogen and oxygen atoms in total. The van der Waals surface area contributed by atoms with E-state index < -0.39 is 0 Å². The summed E-state index contributed by atoms with van der Waals surface area (Å²) >= 11 is 0. The van der Waals surface area contributed by atoms with Gasteiger partial charge in [-0.25, -0.2) is 4.90 Å². The van der Waals surface area contributed by atoms with Crippen molar-refractivity contribution < 1.29 is 19.1 Å². The number of Topliss-reactive ketones (excluding diaryl/α,β-unsaturated/α-hetero) is 1. The highest BCUT2D eigenvalue weighted by Crippen LogP contribution is 2.40. The Morgan fingerprint density at radius 3 is 2.29 bits per heavy atom. The number of rotatable bonds is 5. The van der Waals surface area contributed by atoms with E-state index in [1.807, 2.05) is 19.1 Å². The molecule has 1 heterocycles. The summed E-state index contributed by atoms with van der Waals surface area (Å²) in [7, 11) is 0. The van der Waals surface area contributed by atoms with Crippen molar-refractivity contribution in [2.24, 2.45) is 11.8 Å². The zero-order valence-corrected chi connectivity index (χ0v) is 15.9. The van der Waals surface area contributed by atoms with E-state index in [-0.39, 0.29) is 36.0 Å². The summed E-state index contributed by atoms with van der Waals surface area (Å²) < 4.78 is 5.64. The number of fused-ring (bicyclic) bond motifs is 1. The molecule has 1 saturated heterocycles. The molecule has 2 atom stereocenters. The SMILES string of the molecule is Cc1ccc(C(=O)COc2cccc(N3C(=O)[C@@H]4CCCC[C@H]4C3=O)c2)cc1. The van der Waals surface area contributed by atoms with Crippen molar-refractivity contribution in [3.63, 3.8) is 0 Å². The first-order chi connectivity index (χ1) is 13.5. The summed E-state index contributed by atoms with van der Waals surface area (Å²) in [5.41, 5.74) is 2.20. The first-order valence-electron chi connectivity index (χ1n) is 9.75. The number of hydrogen-bond acceptors (Lipinski definition) is 4. The Hall–Kier alpha value is -2.95. The van der Waals surface area contributed by atoms with Crippen molar-refractivity contribution in [3.8, 4) is 5.75 Å². The van der Waals surface area contributed by atoms with Crippen LogP contribution in [0.25, 0.3) is 0 Å². The maximum Gasteiger partial charge on any atom is 0.237 e. The van der Waals surface area contributed by atoms with Gasteiger partial charge in [0.1, 0.15) is 5.75 Å². The molecular formula is C23H23NO4. The van der Waals surface area contributed by atoms with E-state index in [4.69, 9.17) is 4.74 Å². The number of imide groups is 1. The van der Waals surface area contributed by atoms with Gasteiger partial charge in [0.15, 0.2) is 12.4 Å². The molecule has 2 aromatic carbocycles. The number of hydrogen-bond donors (Lipinski definition) is 0. The number of ether oxygens (including phenoxy) is 1. The van der Waals surface area contributed by atoms with Gasteiger partial charge < -0.3 is 4.74 Å². The van der Waals surface area contributed by atoms with Crippen LogP contribution in [0.3, 0.4) is 0 Å². The largest absolute Gasteiger partial charge is 0.485 e. The van der Waals surface area contributed by atoms with Crippen molar-refractivity contribution in [1.82, 2.24) is 0 Å². The average molecular weight is 377 g/mol. The zero-order chi connectivity index (χ0) is 19.7. The highest BCUT2D eigenvalue weighted by atomic mass is 16.5. The molecule has 28 heavy (non-hydrogen) atoms. The summed E-state index contributed by atoms with van der Waals surface area (Å²) in [5.74, 6) is -0.244. The lowest BCUT2D eigenvalue weighted by Crippen LogP contribution is -2.30. The van der Waals surface area contributed by atoms with Crippen molar-refractivity contribution in [1.29, 1.82) is 0 Å². The van der Waals surface area contributed by atoms with Gasteiger partial charge in [-0.15, -0.1) is 0 Å². The number of aryl methyl sites for hydroxylation is 1. The number of amides is 2. The van der Waals surface area contributed by atoms with Crippen molar-refractivity contribution in [3.05, 3.63) is 59.7 Å². The summed E-state index contributed by atoms with van der Waals surface area (Å²) in [5, 5.41) is 0. The second-order valence-electron chi connectivity index (χ2n) is 7.58. The third kappa shape index (κ3) is 3.44. The number of nitrogens with zero attached hydrogens (tertiary/aromatic N) is 1. The molecule has 0 unspecified atom stereocenters. The molecule has 0 spiro atoms. The van der Waals surface area contributed by atoms with Crippen LogP contribution in [-0.2, 0) is 9.59 Å². The fourth-order valence-electron chi connectivity index (χ4n) is 4.10. The molecule has 4 rings (SSSR count).